The highest BCUT2D eigenvalue weighted by Crippen LogP contribution is 2.26. The fraction of sp³-hybridized carbons (Fsp3) is 0.556. The van der Waals surface area contributed by atoms with Gasteiger partial charge in [0.1, 0.15) is 0 Å². The maximum atomic E-state index is 11.3. The average molecular weight is 199 g/mol. The van der Waals surface area contributed by atoms with Gasteiger partial charge in [-0.15, -0.1) is 11.3 Å². The lowest BCUT2D eigenvalue weighted by atomic mass is 10.1. The molecule has 1 aromatic heterocycles. The van der Waals surface area contributed by atoms with Crippen molar-refractivity contribution in [3.8, 4) is 0 Å². The normalized spacial score (nSPS) is 10.5. The van der Waals surface area contributed by atoms with Gasteiger partial charge < -0.3 is 4.74 Å². The number of esters is 1. The summed E-state index contributed by atoms with van der Waals surface area (Å²) in [5.74, 6) is -0.0200. The first-order valence-electron chi connectivity index (χ1n) is 4.12. The molecule has 0 saturated carbocycles. The molecule has 72 valence electrons. The molecule has 0 aliphatic carbocycles. The molecule has 0 aromatic carbocycles. The van der Waals surface area contributed by atoms with E-state index in [-0.39, 0.29) is 5.97 Å². The zero-order valence-corrected chi connectivity index (χ0v) is 9.07. The molecule has 0 radical (unpaired) electrons. The van der Waals surface area contributed by atoms with Crippen molar-refractivity contribution in [3.05, 3.63) is 15.6 Å². The fourth-order valence-electron chi connectivity index (χ4n) is 1.08. The summed E-state index contributed by atoms with van der Waals surface area (Å²) in [6.07, 6.45) is 0. The van der Waals surface area contributed by atoms with Crippen LogP contribution in [0.2, 0.25) is 0 Å². The summed E-state index contributed by atoms with van der Waals surface area (Å²) in [6.45, 7) is 5.97. The molecule has 3 nitrogen and oxygen atoms in total. The van der Waals surface area contributed by atoms with Gasteiger partial charge in [-0.2, -0.15) is 0 Å². The maximum absolute atomic E-state index is 11.3. The first-order chi connectivity index (χ1) is 6.06. The van der Waals surface area contributed by atoms with E-state index >= 15 is 0 Å². The summed E-state index contributed by atoms with van der Waals surface area (Å²) < 4.78 is 4.65. The van der Waals surface area contributed by atoms with Crippen LogP contribution in [0.4, 0.5) is 0 Å². The van der Waals surface area contributed by atoms with Gasteiger partial charge in [-0.25, -0.2) is 9.78 Å². The lowest BCUT2D eigenvalue weighted by molar-refractivity contribution is 0.0593. The minimum absolute atomic E-state index is 0.320. The molecule has 0 spiro atoms. The summed E-state index contributed by atoms with van der Waals surface area (Å²) in [5.41, 5.74) is 0.472. The van der Waals surface area contributed by atoms with Crippen LogP contribution in [0.3, 0.4) is 0 Å². The predicted octanol–water partition coefficient (Wildman–Crippen LogP) is 2.36. The van der Waals surface area contributed by atoms with Crippen LogP contribution in [0.25, 0.3) is 0 Å². The number of hydrogen-bond donors (Lipinski definition) is 0. The number of nitrogens with zero attached hydrogens (tertiary/aromatic N) is 1. The van der Waals surface area contributed by atoms with E-state index in [1.807, 2.05) is 20.8 Å². The number of aromatic nitrogens is 1. The zero-order valence-electron chi connectivity index (χ0n) is 8.25. The van der Waals surface area contributed by atoms with Crippen molar-refractivity contribution in [2.75, 3.05) is 7.11 Å². The van der Waals surface area contributed by atoms with E-state index in [1.165, 1.54) is 7.11 Å². The van der Waals surface area contributed by atoms with Crippen LogP contribution in [0.5, 0.6) is 0 Å². The molecule has 0 fully saturated rings. The van der Waals surface area contributed by atoms with Crippen LogP contribution in [-0.2, 0) is 4.74 Å². The Morgan fingerprint density at radius 3 is 2.62 bits per heavy atom. The molecule has 0 saturated heterocycles. The van der Waals surface area contributed by atoms with Gasteiger partial charge in [0.15, 0.2) is 5.69 Å². The number of carbonyl (C=O) groups excluding carboxylic acids is 1. The minimum Gasteiger partial charge on any atom is -0.464 e. The molecule has 0 aliphatic heterocycles. The standard InChI is InChI=1S/C9H13NO2S/c1-5(2)8-7(9(11)12-4)10-6(3)13-8/h5H,1-4H3. The van der Waals surface area contributed by atoms with Crippen molar-refractivity contribution in [2.45, 2.75) is 26.7 Å². The van der Waals surface area contributed by atoms with Crippen molar-refractivity contribution in [1.29, 1.82) is 0 Å². The largest absolute Gasteiger partial charge is 0.464 e. The zero-order chi connectivity index (χ0) is 10.0. The fourth-order valence-corrected chi connectivity index (χ4v) is 1.99. The van der Waals surface area contributed by atoms with Crippen molar-refractivity contribution in [1.82, 2.24) is 4.98 Å². The highest BCUT2D eigenvalue weighted by Gasteiger charge is 2.19. The molecular weight excluding hydrogens is 186 g/mol. The van der Waals surface area contributed by atoms with E-state index < -0.39 is 0 Å². The monoisotopic (exact) mass is 199 g/mol. The quantitative estimate of drug-likeness (QED) is 0.686. The number of hydrogen-bond acceptors (Lipinski definition) is 4. The Balaban J connectivity index is 3.11. The van der Waals surface area contributed by atoms with Crippen LogP contribution in [0.1, 0.15) is 40.1 Å². The van der Waals surface area contributed by atoms with E-state index in [9.17, 15) is 4.79 Å². The van der Waals surface area contributed by atoms with Gasteiger partial charge in [0.2, 0.25) is 0 Å². The second-order valence-electron chi connectivity index (χ2n) is 3.09. The summed E-state index contributed by atoms with van der Waals surface area (Å²) in [6, 6.07) is 0. The summed E-state index contributed by atoms with van der Waals surface area (Å²) in [4.78, 5) is 16.4. The average Bonchev–Trinajstić information content (AvgIpc) is 2.46. The van der Waals surface area contributed by atoms with Gasteiger partial charge in [0.25, 0.3) is 0 Å². The molecule has 1 rings (SSSR count). The lowest BCUT2D eigenvalue weighted by Crippen LogP contribution is -2.05. The van der Waals surface area contributed by atoms with Crippen molar-refractivity contribution in [2.24, 2.45) is 0 Å². The highest BCUT2D eigenvalue weighted by molar-refractivity contribution is 7.12. The third-order valence-corrected chi connectivity index (χ3v) is 2.93. The summed E-state index contributed by atoms with van der Waals surface area (Å²) >= 11 is 1.55. The summed E-state index contributed by atoms with van der Waals surface area (Å²) in [7, 11) is 1.38. The molecule has 13 heavy (non-hydrogen) atoms. The minimum atomic E-state index is -0.340. The van der Waals surface area contributed by atoms with E-state index in [0.717, 1.165) is 9.88 Å². The van der Waals surface area contributed by atoms with Gasteiger partial charge >= 0.3 is 5.97 Å². The molecular formula is C9H13NO2S. The Hall–Kier alpha value is -0.900. The van der Waals surface area contributed by atoms with Crippen LogP contribution < -0.4 is 0 Å². The number of rotatable bonds is 2. The van der Waals surface area contributed by atoms with Crippen molar-refractivity contribution >= 4 is 17.3 Å². The molecule has 0 unspecified atom stereocenters. The lowest BCUT2D eigenvalue weighted by Gasteiger charge is -2.02. The Bertz CT molecular complexity index is 317. The van der Waals surface area contributed by atoms with Crippen molar-refractivity contribution < 1.29 is 9.53 Å². The topological polar surface area (TPSA) is 39.2 Å². The molecule has 0 amide bonds. The number of methoxy groups -OCH3 is 1. The van der Waals surface area contributed by atoms with Gasteiger partial charge in [0.05, 0.1) is 12.1 Å². The van der Waals surface area contributed by atoms with E-state index in [0.29, 0.717) is 11.6 Å². The van der Waals surface area contributed by atoms with Gasteiger partial charge in [-0.3, -0.25) is 0 Å². The maximum Gasteiger partial charge on any atom is 0.357 e. The molecule has 0 aliphatic rings. The number of carbonyl (C=O) groups is 1. The Morgan fingerprint density at radius 2 is 2.15 bits per heavy atom. The van der Waals surface area contributed by atoms with Crippen LogP contribution >= 0.6 is 11.3 Å². The highest BCUT2D eigenvalue weighted by atomic mass is 32.1. The van der Waals surface area contributed by atoms with Gasteiger partial charge in [-0.05, 0) is 12.8 Å². The molecule has 1 aromatic rings. The second-order valence-corrected chi connectivity index (χ2v) is 4.33. The van der Waals surface area contributed by atoms with Crippen LogP contribution in [0, 0.1) is 6.92 Å². The molecule has 1 heterocycles. The Labute approximate surface area is 81.8 Å². The summed E-state index contributed by atoms with van der Waals surface area (Å²) in [5, 5.41) is 0.907. The van der Waals surface area contributed by atoms with Crippen molar-refractivity contribution in [3.63, 3.8) is 0 Å². The third kappa shape index (κ3) is 2.06. The van der Waals surface area contributed by atoms with Crippen LogP contribution in [-0.4, -0.2) is 18.1 Å². The third-order valence-electron chi connectivity index (χ3n) is 1.66. The first-order valence-corrected chi connectivity index (χ1v) is 4.93. The Morgan fingerprint density at radius 1 is 1.54 bits per heavy atom. The Kier molecular flexibility index (Phi) is 3.03. The van der Waals surface area contributed by atoms with Gasteiger partial charge in [0, 0.05) is 4.88 Å². The number of aryl methyl sites for hydroxylation is 1. The number of thiazole rings is 1. The van der Waals surface area contributed by atoms with E-state index in [1.54, 1.807) is 11.3 Å². The molecule has 0 atom stereocenters. The predicted molar refractivity (Wildman–Crippen MR) is 52.3 cm³/mol. The molecule has 4 heteroatoms. The van der Waals surface area contributed by atoms with Crippen LogP contribution in [0.15, 0.2) is 0 Å². The SMILES string of the molecule is COC(=O)c1nc(C)sc1C(C)C. The smallest absolute Gasteiger partial charge is 0.357 e. The van der Waals surface area contributed by atoms with Gasteiger partial charge in [-0.1, -0.05) is 13.8 Å². The van der Waals surface area contributed by atoms with E-state index in [4.69, 9.17) is 0 Å². The molecule has 0 bridgehead atoms. The first kappa shape index (κ1) is 10.2. The van der Waals surface area contributed by atoms with E-state index in [2.05, 4.69) is 9.72 Å². The number of ether oxygens (including phenoxy) is 1. The second kappa shape index (κ2) is 3.87. The molecule has 0 N–H and O–H groups in total.